The van der Waals surface area contributed by atoms with Crippen molar-refractivity contribution in [1.29, 1.82) is 0 Å². The molecule has 0 aliphatic carbocycles. The molecule has 0 saturated heterocycles. The number of hydrogen-bond donors (Lipinski definition) is 1. The largest absolute Gasteiger partial charge is 0.380 e. The summed E-state index contributed by atoms with van der Waals surface area (Å²) in [4.78, 5) is 7.82. The number of benzene rings is 1. The van der Waals surface area contributed by atoms with Gasteiger partial charge in [-0.1, -0.05) is 23.7 Å². The molecule has 1 heterocycles. The number of halogens is 2. The van der Waals surface area contributed by atoms with Gasteiger partial charge in [-0.25, -0.2) is 9.37 Å². The Bertz CT molecular complexity index is 667. The molecule has 2 rings (SSSR count). The molecule has 2 N–H and O–H groups in total. The predicted molar refractivity (Wildman–Crippen MR) is 76.4 cm³/mol. The summed E-state index contributed by atoms with van der Waals surface area (Å²) >= 11 is 5.71. The van der Waals surface area contributed by atoms with Crippen LogP contribution in [0.1, 0.15) is 18.2 Å². The van der Waals surface area contributed by atoms with E-state index in [1.54, 1.807) is 19.1 Å². The molecule has 1 aromatic carbocycles. The van der Waals surface area contributed by atoms with Gasteiger partial charge in [-0.15, -0.1) is 5.10 Å². The summed E-state index contributed by atoms with van der Waals surface area (Å²) in [6.07, 6.45) is 2.83. The first-order valence-corrected chi connectivity index (χ1v) is 6.05. The van der Waals surface area contributed by atoms with Crippen molar-refractivity contribution in [2.75, 3.05) is 0 Å². The fraction of sp³-hybridized carbons (Fsp3) is 0.0769. The number of rotatable bonds is 3. The van der Waals surface area contributed by atoms with E-state index >= 15 is 0 Å². The van der Waals surface area contributed by atoms with Crippen molar-refractivity contribution in [1.82, 2.24) is 9.97 Å². The second-order valence-corrected chi connectivity index (χ2v) is 4.29. The highest BCUT2D eigenvalue weighted by Crippen LogP contribution is 2.05. The van der Waals surface area contributed by atoms with Crippen molar-refractivity contribution >= 4 is 23.1 Å². The first-order valence-electron chi connectivity index (χ1n) is 5.68. The van der Waals surface area contributed by atoms with Crippen LogP contribution in [0.3, 0.4) is 0 Å². The Hall–Kier alpha value is -2.34. The van der Waals surface area contributed by atoms with E-state index in [9.17, 15) is 4.39 Å². The van der Waals surface area contributed by atoms with Gasteiger partial charge in [0, 0.05) is 0 Å². The van der Waals surface area contributed by atoms with E-state index in [0.717, 1.165) is 5.56 Å². The molecule has 2 aromatic rings. The standard InChI is InChI=1S/C13H11ClFN5/c1-8(9-2-4-10(15)5-3-9)19-20-13(16)11-6-17-7-12(14)18-11/h2-7H,1H3,(H2,16,20). The fourth-order valence-electron chi connectivity index (χ4n) is 1.39. The molecular formula is C13H11ClFN5. The van der Waals surface area contributed by atoms with Crippen LogP contribution >= 0.6 is 11.6 Å². The van der Waals surface area contributed by atoms with Crippen molar-refractivity contribution in [3.63, 3.8) is 0 Å². The SMILES string of the molecule is CC(=NN=C(N)c1cncc(Cl)n1)c1ccc(F)cc1. The van der Waals surface area contributed by atoms with Crippen LogP contribution in [0.25, 0.3) is 0 Å². The third kappa shape index (κ3) is 3.58. The molecule has 0 fully saturated rings. The lowest BCUT2D eigenvalue weighted by Crippen LogP contribution is -2.15. The summed E-state index contributed by atoms with van der Waals surface area (Å²) in [5.74, 6) is -0.208. The molecule has 0 radical (unpaired) electrons. The highest BCUT2D eigenvalue weighted by molar-refractivity contribution is 6.29. The maximum atomic E-state index is 12.8. The maximum Gasteiger partial charge on any atom is 0.173 e. The van der Waals surface area contributed by atoms with Crippen LogP contribution in [-0.2, 0) is 0 Å². The molecule has 5 nitrogen and oxygen atoms in total. The van der Waals surface area contributed by atoms with Crippen molar-refractivity contribution in [2.24, 2.45) is 15.9 Å². The predicted octanol–water partition coefficient (Wildman–Crippen LogP) is 2.40. The number of hydrogen-bond acceptors (Lipinski definition) is 4. The van der Waals surface area contributed by atoms with Gasteiger partial charge in [-0.2, -0.15) is 5.10 Å². The number of aromatic nitrogens is 2. The molecule has 0 atom stereocenters. The molecule has 0 bridgehead atoms. The molecule has 102 valence electrons. The molecule has 7 heteroatoms. The van der Waals surface area contributed by atoms with E-state index in [2.05, 4.69) is 20.2 Å². The normalized spacial score (nSPS) is 12.6. The quantitative estimate of drug-likeness (QED) is 0.536. The number of nitrogens with zero attached hydrogens (tertiary/aromatic N) is 4. The summed E-state index contributed by atoms with van der Waals surface area (Å²) in [6.45, 7) is 1.74. The Morgan fingerprint density at radius 3 is 2.55 bits per heavy atom. The van der Waals surface area contributed by atoms with Gasteiger partial charge in [0.2, 0.25) is 0 Å². The lowest BCUT2D eigenvalue weighted by Gasteiger charge is -2.00. The van der Waals surface area contributed by atoms with E-state index in [1.807, 2.05) is 0 Å². The minimum absolute atomic E-state index is 0.0986. The van der Waals surface area contributed by atoms with Crippen LogP contribution in [0.15, 0.2) is 46.9 Å². The van der Waals surface area contributed by atoms with E-state index in [-0.39, 0.29) is 16.8 Å². The average Bonchev–Trinajstić information content (AvgIpc) is 2.45. The molecule has 0 amide bonds. The molecule has 0 saturated carbocycles. The maximum absolute atomic E-state index is 12.8. The Kier molecular flexibility index (Phi) is 4.37. The minimum Gasteiger partial charge on any atom is -0.380 e. The molecule has 0 aliphatic rings. The zero-order valence-corrected chi connectivity index (χ0v) is 11.3. The second kappa shape index (κ2) is 6.21. The van der Waals surface area contributed by atoms with Crippen molar-refractivity contribution in [2.45, 2.75) is 6.92 Å². The fourth-order valence-corrected chi connectivity index (χ4v) is 1.54. The number of amidine groups is 1. The monoisotopic (exact) mass is 291 g/mol. The van der Waals surface area contributed by atoms with Crippen molar-refractivity contribution in [3.8, 4) is 0 Å². The summed E-state index contributed by atoms with van der Waals surface area (Å²) < 4.78 is 12.8. The van der Waals surface area contributed by atoms with Gasteiger partial charge >= 0.3 is 0 Å². The molecular weight excluding hydrogens is 281 g/mol. The van der Waals surface area contributed by atoms with Gasteiger partial charge in [0.15, 0.2) is 5.84 Å². The van der Waals surface area contributed by atoms with Crippen LogP contribution in [0.2, 0.25) is 5.15 Å². The molecule has 1 aromatic heterocycles. The van der Waals surface area contributed by atoms with Crippen molar-refractivity contribution < 1.29 is 4.39 Å². The van der Waals surface area contributed by atoms with Gasteiger partial charge in [-0.3, -0.25) is 4.98 Å². The van der Waals surface area contributed by atoms with Gasteiger partial charge in [-0.05, 0) is 24.6 Å². The third-order valence-corrected chi connectivity index (χ3v) is 2.62. The molecule has 0 spiro atoms. The Labute approximate surface area is 120 Å². The van der Waals surface area contributed by atoms with Crippen LogP contribution in [-0.4, -0.2) is 21.5 Å². The van der Waals surface area contributed by atoms with E-state index in [4.69, 9.17) is 17.3 Å². The van der Waals surface area contributed by atoms with E-state index in [1.165, 1.54) is 24.5 Å². The summed E-state index contributed by atoms with van der Waals surface area (Å²) in [7, 11) is 0. The van der Waals surface area contributed by atoms with Gasteiger partial charge in [0.25, 0.3) is 0 Å². The Morgan fingerprint density at radius 2 is 1.90 bits per heavy atom. The second-order valence-electron chi connectivity index (χ2n) is 3.90. The zero-order chi connectivity index (χ0) is 14.5. The molecule has 20 heavy (non-hydrogen) atoms. The minimum atomic E-state index is -0.307. The topological polar surface area (TPSA) is 76.5 Å². The first-order chi connectivity index (χ1) is 9.56. The highest BCUT2D eigenvalue weighted by Gasteiger charge is 2.02. The van der Waals surface area contributed by atoms with Gasteiger partial charge < -0.3 is 5.73 Å². The Balaban J connectivity index is 2.22. The van der Waals surface area contributed by atoms with Gasteiger partial charge in [0.05, 0.1) is 18.1 Å². The van der Waals surface area contributed by atoms with Crippen LogP contribution < -0.4 is 5.73 Å². The molecule has 0 unspecified atom stereocenters. The van der Waals surface area contributed by atoms with E-state index in [0.29, 0.717) is 11.4 Å². The molecule has 0 aliphatic heterocycles. The van der Waals surface area contributed by atoms with Crippen LogP contribution in [0.4, 0.5) is 4.39 Å². The third-order valence-electron chi connectivity index (χ3n) is 2.44. The average molecular weight is 292 g/mol. The zero-order valence-electron chi connectivity index (χ0n) is 10.6. The van der Waals surface area contributed by atoms with E-state index < -0.39 is 0 Å². The lowest BCUT2D eigenvalue weighted by molar-refractivity contribution is 0.628. The number of nitrogens with two attached hydrogens (primary N) is 1. The smallest absolute Gasteiger partial charge is 0.173 e. The summed E-state index contributed by atoms with van der Waals surface area (Å²) in [5, 5.41) is 8.06. The lowest BCUT2D eigenvalue weighted by atomic mass is 10.1. The van der Waals surface area contributed by atoms with Crippen molar-refractivity contribution in [3.05, 3.63) is 58.9 Å². The Morgan fingerprint density at radius 1 is 1.20 bits per heavy atom. The highest BCUT2D eigenvalue weighted by atomic mass is 35.5. The van der Waals surface area contributed by atoms with Crippen LogP contribution in [0.5, 0.6) is 0 Å². The summed E-state index contributed by atoms with van der Waals surface area (Å²) in [5.41, 5.74) is 7.43. The first kappa shape index (κ1) is 14.1. The van der Waals surface area contributed by atoms with Crippen LogP contribution in [0, 0.1) is 5.82 Å². The van der Waals surface area contributed by atoms with Gasteiger partial charge in [0.1, 0.15) is 16.7 Å². The summed E-state index contributed by atoms with van der Waals surface area (Å²) in [6, 6.07) is 5.92.